The predicted octanol–water partition coefficient (Wildman–Crippen LogP) is 1.70. The molecule has 1 atom stereocenters. The van der Waals surface area contributed by atoms with Crippen LogP contribution in [0.1, 0.15) is 40.0 Å². The van der Waals surface area contributed by atoms with Crippen LogP contribution < -0.4 is 0 Å². The Morgan fingerprint density at radius 1 is 1.20 bits per heavy atom. The molecule has 0 aromatic rings. The van der Waals surface area contributed by atoms with E-state index in [1.54, 1.807) is 0 Å². The van der Waals surface area contributed by atoms with Crippen molar-refractivity contribution in [3.8, 4) is 0 Å². The molecule has 5 nitrogen and oxygen atoms in total. The Morgan fingerprint density at radius 2 is 1.85 bits per heavy atom. The zero-order valence-corrected chi connectivity index (χ0v) is 13.0. The van der Waals surface area contributed by atoms with Crippen molar-refractivity contribution in [2.45, 2.75) is 51.7 Å². The average molecular weight is 284 g/mol. The van der Waals surface area contributed by atoms with Crippen LogP contribution in [0.5, 0.6) is 0 Å². The number of amides is 1. The zero-order chi connectivity index (χ0) is 14.8. The van der Waals surface area contributed by atoms with Gasteiger partial charge >= 0.3 is 6.09 Å². The molecule has 2 fully saturated rings. The van der Waals surface area contributed by atoms with Gasteiger partial charge in [-0.3, -0.25) is 0 Å². The minimum atomic E-state index is -0.417. The van der Waals surface area contributed by atoms with Crippen LogP contribution in [0.4, 0.5) is 4.79 Å². The lowest BCUT2D eigenvalue weighted by Gasteiger charge is -2.34. The molecule has 116 valence electrons. The number of ether oxygens (including phenoxy) is 1. The summed E-state index contributed by atoms with van der Waals surface area (Å²) in [4.78, 5) is 16.1. The summed E-state index contributed by atoms with van der Waals surface area (Å²) in [6.45, 7) is 10.1. The van der Waals surface area contributed by atoms with Gasteiger partial charge in [0.2, 0.25) is 0 Å². The van der Waals surface area contributed by atoms with Crippen LogP contribution in [0.25, 0.3) is 0 Å². The summed E-state index contributed by atoms with van der Waals surface area (Å²) < 4.78 is 5.40. The maximum Gasteiger partial charge on any atom is 0.410 e. The SMILES string of the molecule is CC(C)(C)OC(=O)N1CCC(CN2CC[C@@H](O)C2)CC1. The summed E-state index contributed by atoms with van der Waals surface area (Å²) in [5.41, 5.74) is -0.417. The second-order valence-electron chi connectivity index (χ2n) is 7.11. The number of aliphatic hydroxyl groups excluding tert-OH is 1. The molecule has 5 heteroatoms. The summed E-state index contributed by atoms with van der Waals surface area (Å²) in [6.07, 6.45) is 2.64. The van der Waals surface area contributed by atoms with Gasteiger partial charge in [-0.25, -0.2) is 4.79 Å². The van der Waals surface area contributed by atoms with E-state index in [0.29, 0.717) is 5.92 Å². The van der Waals surface area contributed by atoms with Crippen molar-refractivity contribution in [3.63, 3.8) is 0 Å². The number of hydrogen-bond acceptors (Lipinski definition) is 4. The predicted molar refractivity (Wildman–Crippen MR) is 77.6 cm³/mol. The second-order valence-corrected chi connectivity index (χ2v) is 7.11. The van der Waals surface area contributed by atoms with E-state index >= 15 is 0 Å². The van der Waals surface area contributed by atoms with Crippen molar-refractivity contribution in [3.05, 3.63) is 0 Å². The summed E-state index contributed by atoms with van der Waals surface area (Å²) in [6, 6.07) is 0. The fourth-order valence-electron chi connectivity index (χ4n) is 2.97. The molecule has 0 aromatic carbocycles. The molecular formula is C15H28N2O3. The molecule has 0 aliphatic carbocycles. The highest BCUT2D eigenvalue weighted by Crippen LogP contribution is 2.22. The smallest absolute Gasteiger partial charge is 0.410 e. The van der Waals surface area contributed by atoms with E-state index in [-0.39, 0.29) is 12.2 Å². The fraction of sp³-hybridized carbons (Fsp3) is 0.933. The molecule has 0 aromatic heterocycles. The summed E-state index contributed by atoms with van der Waals surface area (Å²) in [7, 11) is 0. The lowest BCUT2D eigenvalue weighted by atomic mass is 9.96. The van der Waals surface area contributed by atoms with Gasteiger partial charge in [-0.15, -0.1) is 0 Å². The van der Waals surface area contributed by atoms with Gasteiger partial charge in [-0.05, 0) is 46.0 Å². The molecule has 1 N–H and O–H groups in total. The van der Waals surface area contributed by atoms with Gasteiger partial charge in [-0.2, -0.15) is 0 Å². The van der Waals surface area contributed by atoms with Crippen LogP contribution >= 0.6 is 0 Å². The molecular weight excluding hydrogens is 256 g/mol. The van der Waals surface area contributed by atoms with E-state index in [9.17, 15) is 9.90 Å². The Kier molecular flexibility index (Phi) is 4.91. The van der Waals surface area contributed by atoms with E-state index in [1.807, 2.05) is 25.7 Å². The Morgan fingerprint density at radius 3 is 2.35 bits per heavy atom. The van der Waals surface area contributed by atoms with Gasteiger partial charge < -0.3 is 19.6 Å². The zero-order valence-electron chi connectivity index (χ0n) is 13.0. The highest BCUT2D eigenvalue weighted by molar-refractivity contribution is 5.68. The van der Waals surface area contributed by atoms with Crippen molar-refractivity contribution in [2.75, 3.05) is 32.7 Å². The first-order chi connectivity index (χ1) is 9.33. The molecule has 2 aliphatic rings. The summed E-state index contributed by atoms with van der Waals surface area (Å²) >= 11 is 0. The minimum Gasteiger partial charge on any atom is -0.444 e. The monoisotopic (exact) mass is 284 g/mol. The van der Waals surface area contributed by atoms with Crippen molar-refractivity contribution in [1.29, 1.82) is 0 Å². The van der Waals surface area contributed by atoms with Crippen LogP contribution in [0.2, 0.25) is 0 Å². The second kappa shape index (κ2) is 6.31. The van der Waals surface area contributed by atoms with Crippen LogP contribution in [-0.2, 0) is 4.74 Å². The number of carbonyl (C=O) groups excluding carboxylic acids is 1. The summed E-state index contributed by atoms with van der Waals surface area (Å²) in [5.74, 6) is 0.638. The van der Waals surface area contributed by atoms with Gasteiger partial charge in [0.05, 0.1) is 6.10 Å². The van der Waals surface area contributed by atoms with Crippen molar-refractivity contribution < 1.29 is 14.6 Å². The Labute approximate surface area is 121 Å². The number of rotatable bonds is 2. The number of hydrogen-bond donors (Lipinski definition) is 1. The van der Waals surface area contributed by atoms with Gasteiger partial charge in [0.25, 0.3) is 0 Å². The Hall–Kier alpha value is -0.810. The third kappa shape index (κ3) is 4.63. The minimum absolute atomic E-state index is 0.142. The number of carbonyl (C=O) groups is 1. The summed E-state index contributed by atoms with van der Waals surface area (Å²) in [5, 5.41) is 9.54. The largest absolute Gasteiger partial charge is 0.444 e. The number of nitrogens with zero attached hydrogens (tertiary/aromatic N) is 2. The maximum atomic E-state index is 12.0. The Bertz CT molecular complexity index is 333. The van der Waals surface area contributed by atoms with E-state index in [4.69, 9.17) is 4.74 Å². The van der Waals surface area contributed by atoms with Crippen LogP contribution in [0, 0.1) is 5.92 Å². The standard InChI is InChI=1S/C15H28N2O3/c1-15(2,3)20-14(19)17-8-4-12(5-9-17)10-16-7-6-13(18)11-16/h12-13,18H,4-11H2,1-3H3/t13-/m1/s1. The molecule has 0 spiro atoms. The quantitative estimate of drug-likeness (QED) is 0.838. The number of likely N-dealkylation sites (tertiary alicyclic amines) is 2. The van der Waals surface area contributed by atoms with Crippen LogP contribution in [0.3, 0.4) is 0 Å². The maximum absolute atomic E-state index is 12.0. The third-order valence-corrected chi connectivity index (χ3v) is 4.03. The molecule has 0 unspecified atom stereocenters. The average Bonchev–Trinajstić information content (AvgIpc) is 2.73. The molecule has 0 bridgehead atoms. The highest BCUT2D eigenvalue weighted by Gasteiger charge is 2.29. The number of piperidine rings is 1. The molecule has 0 saturated carbocycles. The first kappa shape index (κ1) is 15.6. The van der Waals surface area contributed by atoms with E-state index < -0.39 is 5.60 Å². The lowest BCUT2D eigenvalue weighted by Crippen LogP contribution is -2.43. The molecule has 2 rings (SSSR count). The van der Waals surface area contributed by atoms with Gasteiger partial charge in [0, 0.05) is 32.7 Å². The third-order valence-electron chi connectivity index (χ3n) is 4.03. The number of β-amino-alcohol motifs (C(OH)–C–C–N with tert-alkyl or cyclic N) is 1. The molecule has 0 radical (unpaired) electrons. The van der Waals surface area contributed by atoms with Crippen molar-refractivity contribution in [1.82, 2.24) is 9.80 Å². The fourth-order valence-corrected chi connectivity index (χ4v) is 2.97. The van der Waals surface area contributed by atoms with E-state index in [1.165, 1.54) is 0 Å². The highest BCUT2D eigenvalue weighted by atomic mass is 16.6. The normalized spacial score (nSPS) is 26.0. The van der Waals surface area contributed by atoms with E-state index in [0.717, 1.165) is 52.0 Å². The topological polar surface area (TPSA) is 53.0 Å². The van der Waals surface area contributed by atoms with Crippen molar-refractivity contribution >= 4 is 6.09 Å². The molecule has 2 aliphatic heterocycles. The molecule has 20 heavy (non-hydrogen) atoms. The molecule has 2 saturated heterocycles. The molecule has 2 heterocycles. The first-order valence-corrected chi connectivity index (χ1v) is 7.72. The lowest BCUT2D eigenvalue weighted by molar-refractivity contribution is 0.0171. The van der Waals surface area contributed by atoms with Crippen LogP contribution in [-0.4, -0.2) is 65.4 Å². The van der Waals surface area contributed by atoms with Crippen molar-refractivity contribution in [2.24, 2.45) is 5.92 Å². The van der Waals surface area contributed by atoms with Gasteiger partial charge in [-0.1, -0.05) is 0 Å². The van der Waals surface area contributed by atoms with E-state index in [2.05, 4.69) is 4.90 Å². The first-order valence-electron chi connectivity index (χ1n) is 7.72. The molecule has 1 amide bonds. The van der Waals surface area contributed by atoms with Crippen LogP contribution in [0.15, 0.2) is 0 Å². The number of aliphatic hydroxyl groups is 1. The van der Waals surface area contributed by atoms with Gasteiger partial charge in [0.15, 0.2) is 0 Å². The Balaban J connectivity index is 1.71. The van der Waals surface area contributed by atoms with Gasteiger partial charge in [0.1, 0.15) is 5.60 Å².